The Morgan fingerprint density at radius 1 is 1.27 bits per heavy atom. The Morgan fingerprint density at radius 3 is 2.00 bits per heavy atom. The third-order valence-corrected chi connectivity index (χ3v) is 1.25. The van der Waals surface area contributed by atoms with Crippen molar-refractivity contribution in [2.24, 2.45) is 0 Å². The van der Waals surface area contributed by atoms with Crippen molar-refractivity contribution in [2.45, 2.75) is 20.3 Å². The fourth-order valence-corrected chi connectivity index (χ4v) is 0.714. The van der Waals surface area contributed by atoms with Gasteiger partial charge in [-0.1, -0.05) is 37.3 Å². The Kier molecular flexibility index (Phi) is 6.13. The largest absolute Gasteiger partial charge is 0.120 e. The van der Waals surface area contributed by atoms with Gasteiger partial charge in [0.15, 0.2) is 0 Å². The molecule has 1 aromatic rings. The second kappa shape index (κ2) is 6.89. The molecule has 0 heteroatoms. The minimum absolute atomic E-state index is 1.14. The van der Waals surface area contributed by atoms with Gasteiger partial charge < -0.3 is 0 Å². The van der Waals surface area contributed by atoms with Gasteiger partial charge in [0.2, 0.25) is 0 Å². The van der Waals surface area contributed by atoms with Gasteiger partial charge in [0.1, 0.15) is 0 Å². The standard InChI is InChI=1S/C8H10.C3H4/c1-2-8-6-4-3-5-7-8;1-3-2/h3-7H,2H2,1H3;1H,2H3. The molecule has 1 aromatic carbocycles. The summed E-state index contributed by atoms with van der Waals surface area (Å²) in [6, 6.07) is 10.5. The smallest absolute Gasteiger partial charge is 0.00297 e. The first-order valence-corrected chi connectivity index (χ1v) is 3.76. The molecule has 0 heterocycles. The van der Waals surface area contributed by atoms with Gasteiger partial charge in [0.25, 0.3) is 0 Å². The first kappa shape index (κ1) is 9.78. The van der Waals surface area contributed by atoms with E-state index in [1.54, 1.807) is 6.92 Å². The zero-order valence-electron chi connectivity index (χ0n) is 7.17. The molecule has 0 unspecified atom stereocenters. The summed E-state index contributed by atoms with van der Waals surface area (Å²) in [7, 11) is 0. The van der Waals surface area contributed by atoms with E-state index in [0.717, 1.165) is 6.42 Å². The second-order valence-electron chi connectivity index (χ2n) is 2.13. The van der Waals surface area contributed by atoms with Crippen LogP contribution in [0.2, 0.25) is 0 Å². The molecule has 0 saturated carbocycles. The molecule has 0 N–H and O–H groups in total. The summed E-state index contributed by atoms with van der Waals surface area (Å²) in [4.78, 5) is 0. The van der Waals surface area contributed by atoms with Gasteiger partial charge in [-0.15, -0.1) is 12.3 Å². The highest BCUT2D eigenvalue weighted by Crippen LogP contribution is 1.96. The normalized spacial score (nSPS) is 7.36. The molecule has 0 amide bonds. The highest BCUT2D eigenvalue weighted by molar-refractivity contribution is 5.13. The van der Waals surface area contributed by atoms with Crippen molar-refractivity contribution in [3.8, 4) is 12.3 Å². The molecule has 1 rings (SSSR count). The predicted molar refractivity (Wildman–Crippen MR) is 50.3 cm³/mol. The van der Waals surface area contributed by atoms with E-state index in [-0.39, 0.29) is 0 Å². The molecule has 0 nitrogen and oxygen atoms in total. The summed E-state index contributed by atoms with van der Waals surface area (Å²) >= 11 is 0. The van der Waals surface area contributed by atoms with Crippen LogP contribution in [0.3, 0.4) is 0 Å². The third kappa shape index (κ3) is 5.24. The molecular formula is C11H14. The summed E-state index contributed by atoms with van der Waals surface area (Å²) < 4.78 is 0. The molecule has 0 radical (unpaired) electrons. The van der Waals surface area contributed by atoms with E-state index in [2.05, 4.69) is 43.5 Å². The Labute approximate surface area is 69.3 Å². The lowest BCUT2D eigenvalue weighted by atomic mass is 10.2. The molecule has 0 bridgehead atoms. The zero-order chi connectivity index (χ0) is 8.53. The Balaban J connectivity index is 0.000000292. The number of terminal acetylenes is 1. The number of aryl methyl sites for hydroxylation is 1. The molecule has 0 aliphatic heterocycles. The van der Waals surface area contributed by atoms with Crippen LogP contribution in [0.1, 0.15) is 19.4 Å². The number of rotatable bonds is 1. The van der Waals surface area contributed by atoms with Crippen LogP contribution < -0.4 is 0 Å². The Morgan fingerprint density at radius 2 is 1.73 bits per heavy atom. The van der Waals surface area contributed by atoms with Crippen LogP contribution in [-0.4, -0.2) is 0 Å². The van der Waals surface area contributed by atoms with E-state index in [4.69, 9.17) is 0 Å². The molecule has 0 aliphatic carbocycles. The van der Waals surface area contributed by atoms with Gasteiger partial charge in [0.05, 0.1) is 0 Å². The Bertz CT molecular complexity index is 203. The van der Waals surface area contributed by atoms with Crippen LogP contribution in [0.25, 0.3) is 0 Å². The molecular weight excluding hydrogens is 132 g/mol. The van der Waals surface area contributed by atoms with Crippen molar-refractivity contribution in [3.63, 3.8) is 0 Å². The SMILES string of the molecule is C#CC.CCc1ccccc1. The van der Waals surface area contributed by atoms with E-state index < -0.39 is 0 Å². The summed E-state index contributed by atoms with van der Waals surface area (Å²) in [6.07, 6.45) is 5.74. The van der Waals surface area contributed by atoms with E-state index in [1.807, 2.05) is 6.07 Å². The molecule has 0 aliphatic rings. The van der Waals surface area contributed by atoms with E-state index in [1.165, 1.54) is 5.56 Å². The quantitative estimate of drug-likeness (QED) is 0.534. The maximum atomic E-state index is 4.60. The highest BCUT2D eigenvalue weighted by atomic mass is 13.9. The van der Waals surface area contributed by atoms with Crippen LogP contribution in [-0.2, 0) is 6.42 Å². The summed E-state index contributed by atoms with van der Waals surface area (Å²) in [6.45, 7) is 3.81. The lowest BCUT2D eigenvalue weighted by Crippen LogP contribution is -1.73. The van der Waals surface area contributed by atoms with Crippen molar-refractivity contribution in [1.82, 2.24) is 0 Å². The molecule has 11 heavy (non-hydrogen) atoms. The fraction of sp³-hybridized carbons (Fsp3) is 0.273. The van der Waals surface area contributed by atoms with Gasteiger partial charge in [-0.25, -0.2) is 0 Å². The lowest BCUT2D eigenvalue weighted by Gasteiger charge is -1.89. The predicted octanol–water partition coefficient (Wildman–Crippen LogP) is 2.89. The minimum atomic E-state index is 1.14. The van der Waals surface area contributed by atoms with Gasteiger partial charge in [-0.3, -0.25) is 0 Å². The average Bonchev–Trinajstić information content (AvgIpc) is 2.08. The monoisotopic (exact) mass is 146 g/mol. The van der Waals surface area contributed by atoms with Crippen LogP contribution in [0.5, 0.6) is 0 Å². The van der Waals surface area contributed by atoms with Crippen molar-refractivity contribution in [3.05, 3.63) is 35.9 Å². The molecule has 0 saturated heterocycles. The number of benzene rings is 1. The maximum absolute atomic E-state index is 4.60. The minimum Gasteiger partial charge on any atom is -0.120 e. The van der Waals surface area contributed by atoms with Gasteiger partial charge in [0, 0.05) is 0 Å². The number of hydrogen-bond donors (Lipinski definition) is 0. The summed E-state index contributed by atoms with van der Waals surface area (Å²) in [5, 5.41) is 0. The van der Waals surface area contributed by atoms with Gasteiger partial charge in [-0.2, -0.15) is 0 Å². The molecule has 0 atom stereocenters. The van der Waals surface area contributed by atoms with Crippen LogP contribution in [0.4, 0.5) is 0 Å². The molecule has 0 aromatic heterocycles. The summed E-state index contributed by atoms with van der Waals surface area (Å²) in [5.41, 5.74) is 1.41. The van der Waals surface area contributed by atoms with E-state index >= 15 is 0 Å². The molecule has 58 valence electrons. The second-order valence-corrected chi connectivity index (χ2v) is 2.13. The summed E-state index contributed by atoms with van der Waals surface area (Å²) in [5.74, 6) is 2.25. The first-order valence-electron chi connectivity index (χ1n) is 3.76. The van der Waals surface area contributed by atoms with Crippen molar-refractivity contribution < 1.29 is 0 Å². The van der Waals surface area contributed by atoms with Crippen molar-refractivity contribution in [1.29, 1.82) is 0 Å². The first-order chi connectivity index (χ1) is 5.35. The van der Waals surface area contributed by atoms with Gasteiger partial charge >= 0.3 is 0 Å². The Hall–Kier alpha value is -1.22. The van der Waals surface area contributed by atoms with E-state index in [9.17, 15) is 0 Å². The van der Waals surface area contributed by atoms with Crippen molar-refractivity contribution in [2.75, 3.05) is 0 Å². The van der Waals surface area contributed by atoms with Crippen LogP contribution in [0.15, 0.2) is 30.3 Å². The zero-order valence-corrected chi connectivity index (χ0v) is 7.17. The molecule has 0 spiro atoms. The van der Waals surface area contributed by atoms with Gasteiger partial charge in [-0.05, 0) is 18.9 Å². The third-order valence-electron chi connectivity index (χ3n) is 1.25. The van der Waals surface area contributed by atoms with Crippen LogP contribution in [0, 0.1) is 12.3 Å². The lowest BCUT2D eigenvalue weighted by molar-refractivity contribution is 1.14. The average molecular weight is 146 g/mol. The highest BCUT2D eigenvalue weighted by Gasteiger charge is 1.79. The number of hydrogen-bond acceptors (Lipinski definition) is 0. The topological polar surface area (TPSA) is 0 Å². The van der Waals surface area contributed by atoms with E-state index in [0.29, 0.717) is 0 Å². The van der Waals surface area contributed by atoms with Crippen molar-refractivity contribution >= 4 is 0 Å². The maximum Gasteiger partial charge on any atom is -0.00297 e. The fourth-order valence-electron chi connectivity index (χ4n) is 0.714. The van der Waals surface area contributed by atoms with Crippen LogP contribution >= 0.6 is 0 Å². The molecule has 0 fully saturated rings.